The predicted molar refractivity (Wildman–Crippen MR) is 101 cm³/mol. The third-order valence-electron chi connectivity index (χ3n) is 4.12. The Hall–Kier alpha value is -2.37. The summed E-state index contributed by atoms with van der Waals surface area (Å²) in [5.41, 5.74) is 2.38. The molecule has 2 aromatic carbocycles. The van der Waals surface area contributed by atoms with Crippen LogP contribution in [-0.4, -0.2) is 29.2 Å². The molecule has 26 heavy (non-hydrogen) atoms. The fourth-order valence-electron chi connectivity index (χ4n) is 2.76. The van der Waals surface area contributed by atoms with Crippen LogP contribution in [0.2, 0.25) is 10.0 Å². The fourth-order valence-corrected chi connectivity index (χ4v) is 3.06. The highest BCUT2D eigenvalue weighted by atomic mass is 35.5. The molecule has 0 spiro atoms. The summed E-state index contributed by atoms with van der Waals surface area (Å²) < 4.78 is 0. The summed E-state index contributed by atoms with van der Waals surface area (Å²) in [6.45, 7) is 0.107. The van der Waals surface area contributed by atoms with Gasteiger partial charge >= 0.3 is 0 Å². The molecule has 3 amide bonds. The van der Waals surface area contributed by atoms with Gasteiger partial charge in [0.15, 0.2) is 0 Å². The van der Waals surface area contributed by atoms with Gasteiger partial charge in [-0.15, -0.1) is 0 Å². The van der Waals surface area contributed by atoms with Gasteiger partial charge in [0, 0.05) is 31.5 Å². The number of carbonyl (C=O) groups excluding carboxylic acids is 3. The Morgan fingerprint density at radius 2 is 1.65 bits per heavy atom. The molecule has 0 radical (unpaired) electrons. The second-order valence-corrected chi connectivity index (χ2v) is 6.76. The molecule has 1 heterocycles. The lowest BCUT2D eigenvalue weighted by atomic mass is 10.1. The topological polar surface area (TPSA) is 66.5 Å². The SMILES string of the molecule is O=C(CCN1C(=O)CCC1=O)Nc1cccc(-c2ccc(Cl)c(Cl)c2)c1. The zero-order valence-electron chi connectivity index (χ0n) is 13.8. The van der Waals surface area contributed by atoms with Crippen LogP contribution < -0.4 is 5.32 Å². The van der Waals surface area contributed by atoms with E-state index in [0.29, 0.717) is 15.7 Å². The molecule has 0 aromatic heterocycles. The molecule has 2 aromatic rings. The van der Waals surface area contributed by atoms with Crippen molar-refractivity contribution in [1.29, 1.82) is 0 Å². The van der Waals surface area contributed by atoms with E-state index in [2.05, 4.69) is 5.32 Å². The number of likely N-dealkylation sites (tertiary alicyclic amines) is 1. The van der Waals surface area contributed by atoms with Gasteiger partial charge in [-0.2, -0.15) is 0 Å². The van der Waals surface area contributed by atoms with E-state index in [0.717, 1.165) is 16.0 Å². The number of hydrogen-bond acceptors (Lipinski definition) is 3. The number of nitrogens with one attached hydrogen (secondary N) is 1. The van der Waals surface area contributed by atoms with Crippen LogP contribution in [0.3, 0.4) is 0 Å². The first-order valence-corrected chi connectivity index (χ1v) is 8.88. The summed E-state index contributed by atoms with van der Waals surface area (Å²) in [5.74, 6) is -0.697. The predicted octanol–water partition coefficient (Wildman–Crippen LogP) is 4.14. The van der Waals surface area contributed by atoms with E-state index < -0.39 is 0 Å². The summed E-state index contributed by atoms with van der Waals surface area (Å²) >= 11 is 12.0. The molecule has 5 nitrogen and oxygen atoms in total. The van der Waals surface area contributed by atoms with Gasteiger partial charge in [-0.3, -0.25) is 19.3 Å². The van der Waals surface area contributed by atoms with E-state index >= 15 is 0 Å². The number of benzene rings is 2. The van der Waals surface area contributed by atoms with Crippen LogP contribution in [0.1, 0.15) is 19.3 Å². The van der Waals surface area contributed by atoms with E-state index in [1.165, 1.54) is 0 Å². The molecule has 1 aliphatic heterocycles. The number of carbonyl (C=O) groups is 3. The van der Waals surface area contributed by atoms with Gasteiger partial charge in [0.2, 0.25) is 17.7 Å². The van der Waals surface area contributed by atoms with Crippen molar-refractivity contribution in [2.75, 3.05) is 11.9 Å². The average Bonchev–Trinajstić information content (AvgIpc) is 2.94. The molecule has 0 saturated carbocycles. The molecule has 0 aliphatic carbocycles. The van der Waals surface area contributed by atoms with Crippen molar-refractivity contribution in [2.24, 2.45) is 0 Å². The van der Waals surface area contributed by atoms with Crippen molar-refractivity contribution >= 4 is 46.6 Å². The summed E-state index contributed by atoms with van der Waals surface area (Å²) in [4.78, 5) is 36.4. The molecule has 0 bridgehead atoms. The number of hydrogen-bond donors (Lipinski definition) is 1. The van der Waals surface area contributed by atoms with Gasteiger partial charge in [0.05, 0.1) is 10.0 Å². The van der Waals surface area contributed by atoms with Crippen LogP contribution in [0.5, 0.6) is 0 Å². The lowest BCUT2D eigenvalue weighted by Gasteiger charge is -2.13. The largest absolute Gasteiger partial charge is 0.326 e. The molecular formula is C19H16Cl2N2O3. The van der Waals surface area contributed by atoms with E-state index in [4.69, 9.17) is 23.2 Å². The molecule has 0 atom stereocenters. The Labute approximate surface area is 160 Å². The van der Waals surface area contributed by atoms with E-state index in [1.807, 2.05) is 24.3 Å². The number of nitrogens with zero attached hydrogens (tertiary/aromatic N) is 1. The second kappa shape index (κ2) is 7.89. The fraction of sp³-hybridized carbons (Fsp3) is 0.211. The van der Waals surface area contributed by atoms with Crippen LogP contribution in [0.25, 0.3) is 11.1 Å². The first-order chi connectivity index (χ1) is 12.4. The molecular weight excluding hydrogens is 375 g/mol. The summed E-state index contributed by atoms with van der Waals surface area (Å²) in [6, 6.07) is 12.6. The van der Waals surface area contributed by atoms with Gasteiger partial charge in [-0.1, -0.05) is 41.4 Å². The molecule has 1 fully saturated rings. The number of amides is 3. The Morgan fingerprint density at radius 1 is 0.962 bits per heavy atom. The van der Waals surface area contributed by atoms with Gasteiger partial charge in [0.1, 0.15) is 0 Å². The third kappa shape index (κ3) is 4.23. The maximum absolute atomic E-state index is 12.1. The van der Waals surface area contributed by atoms with Gasteiger partial charge in [-0.05, 0) is 35.4 Å². The van der Waals surface area contributed by atoms with Gasteiger partial charge in [-0.25, -0.2) is 0 Å². The van der Waals surface area contributed by atoms with Crippen molar-refractivity contribution in [3.05, 3.63) is 52.5 Å². The van der Waals surface area contributed by atoms with Crippen LogP contribution in [0, 0.1) is 0 Å². The van der Waals surface area contributed by atoms with Crippen LogP contribution >= 0.6 is 23.2 Å². The molecule has 0 unspecified atom stereocenters. The minimum absolute atomic E-state index is 0.0640. The molecule has 134 valence electrons. The zero-order chi connectivity index (χ0) is 18.7. The van der Waals surface area contributed by atoms with E-state index in [9.17, 15) is 14.4 Å². The molecule has 1 N–H and O–H groups in total. The summed E-state index contributed by atoms with van der Waals surface area (Å²) in [6.07, 6.45) is 0.521. The highest BCUT2D eigenvalue weighted by molar-refractivity contribution is 6.42. The van der Waals surface area contributed by atoms with Crippen molar-refractivity contribution < 1.29 is 14.4 Å². The minimum Gasteiger partial charge on any atom is -0.326 e. The van der Waals surface area contributed by atoms with Crippen LogP contribution in [-0.2, 0) is 14.4 Å². The summed E-state index contributed by atoms with van der Waals surface area (Å²) in [5, 5.41) is 3.72. The van der Waals surface area contributed by atoms with E-state index in [-0.39, 0.29) is 43.5 Å². The number of anilines is 1. The first-order valence-electron chi connectivity index (χ1n) is 8.12. The lowest BCUT2D eigenvalue weighted by molar-refractivity contribution is -0.138. The average molecular weight is 391 g/mol. The van der Waals surface area contributed by atoms with Gasteiger partial charge < -0.3 is 5.32 Å². The third-order valence-corrected chi connectivity index (χ3v) is 4.86. The first kappa shape index (κ1) is 18.4. The maximum Gasteiger partial charge on any atom is 0.229 e. The monoisotopic (exact) mass is 390 g/mol. The Kier molecular flexibility index (Phi) is 5.59. The maximum atomic E-state index is 12.1. The van der Waals surface area contributed by atoms with E-state index in [1.54, 1.807) is 18.2 Å². The molecule has 7 heteroatoms. The normalized spacial score (nSPS) is 14.0. The molecule has 1 saturated heterocycles. The van der Waals surface area contributed by atoms with Crippen LogP contribution in [0.4, 0.5) is 5.69 Å². The molecule has 3 rings (SSSR count). The number of imide groups is 1. The second-order valence-electron chi connectivity index (χ2n) is 5.95. The van der Waals surface area contributed by atoms with Crippen molar-refractivity contribution in [1.82, 2.24) is 4.90 Å². The quantitative estimate of drug-likeness (QED) is 0.780. The van der Waals surface area contributed by atoms with Crippen molar-refractivity contribution in [3.63, 3.8) is 0 Å². The Balaban J connectivity index is 1.64. The standard InChI is InChI=1S/C19H16Cl2N2O3/c20-15-5-4-13(11-16(15)21)12-2-1-3-14(10-12)22-17(24)8-9-23-18(25)6-7-19(23)26/h1-5,10-11H,6-9H2,(H,22,24). The van der Waals surface area contributed by atoms with Crippen molar-refractivity contribution in [2.45, 2.75) is 19.3 Å². The smallest absolute Gasteiger partial charge is 0.229 e. The van der Waals surface area contributed by atoms with Gasteiger partial charge in [0.25, 0.3) is 0 Å². The highest BCUT2D eigenvalue weighted by Crippen LogP contribution is 2.29. The minimum atomic E-state index is -0.260. The lowest BCUT2D eigenvalue weighted by Crippen LogP contribution is -2.32. The Bertz CT molecular complexity index is 867. The molecule has 1 aliphatic rings. The zero-order valence-corrected chi connectivity index (χ0v) is 15.3. The van der Waals surface area contributed by atoms with Crippen LogP contribution in [0.15, 0.2) is 42.5 Å². The Morgan fingerprint density at radius 3 is 2.35 bits per heavy atom. The summed E-state index contributed by atoms with van der Waals surface area (Å²) in [7, 11) is 0. The van der Waals surface area contributed by atoms with Crippen molar-refractivity contribution in [3.8, 4) is 11.1 Å². The number of halogens is 2. The number of rotatable bonds is 5. The highest BCUT2D eigenvalue weighted by Gasteiger charge is 2.28.